The molecule has 0 bridgehead atoms. The molecule has 0 saturated heterocycles. The van der Waals surface area contributed by atoms with Gasteiger partial charge in [-0.1, -0.05) is 43.5 Å². The largest absolute Gasteiger partial charge is 0.323 e. The van der Waals surface area contributed by atoms with Gasteiger partial charge in [-0.2, -0.15) is 0 Å². The molecule has 2 aromatic rings. The molecule has 1 aromatic heterocycles. The molecule has 0 radical (unpaired) electrons. The molecule has 2 atom stereocenters. The molecule has 1 aromatic carbocycles. The van der Waals surface area contributed by atoms with Crippen LogP contribution < -0.4 is 10.5 Å². The quantitative estimate of drug-likeness (QED) is 0.763. The predicted molar refractivity (Wildman–Crippen MR) is 107 cm³/mol. The highest BCUT2D eigenvalue weighted by atomic mass is 32.2. The minimum Gasteiger partial charge on any atom is -0.323 e. The molecule has 146 valence electrons. The zero-order valence-electron chi connectivity index (χ0n) is 15.5. The van der Waals surface area contributed by atoms with Crippen LogP contribution in [0.25, 0.3) is 11.3 Å². The molecular weight excluding hydrogens is 360 g/mol. The Balaban J connectivity index is 1.55. The van der Waals surface area contributed by atoms with Gasteiger partial charge in [0, 0.05) is 18.2 Å². The molecule has 6 nitrogen and oxygen atoms in total. The van der Waals surface area contributed by atoms with Gasteiger partial charge < -0.3 is 9.88 Å². The summed E-state index contributed by atoms with van der Waals surface area (Å²) in [7, 11) is -3.44. The van der Waals surface area contributed by atoms with Gasteiger partial charge in [0.05, 0.1) is 30.0 Å². The summed E-state index contributed by atoms with van der Waals surface area (Å²) < 4.78 is 25.0. The molecular formula is C20H28N4O2S. The number of benzene rings is 1. The molecule has 1 fully saturated rings. The van der Waals surface area contributed by atoms with Crippen molar-refractivity contribution in [1.29, 1.82) is 0 Å². The second-order valence-corrected chi connectivity index (χ2v) is 9.58. The van der Waals surface area contributed by atoms with Crippen LogP contribution in [-0.2, 0) is 10.0 Å². The number of sulfonamides is 1. The van der Waals surface area contributed by atoms with Gasteiger partial charge in [0.15, 0.2) is 0 Å². The highest BCUT2D eigenvalue weighted by Gasteiger charge is 2.33. The first kappa shape index (κ1) is 18.7. The Morgan fingerprint density at radius 1 is 1.22 bits per heavy atom. The van der Waals surface area contributed by atoms with Gasteiger partial charge in [-0.15, -0.1) is 0 Å². The summed E-state index contributed by atoms with van der Waals surface area (Å²) in [6, 6.07) is 9.05. The molecule has 2 aliphatic rings. The van der Waals surface area contributed by atoms with Crippen LogP contribution in [0.5, 0.6) is 0 Å². The van der Waals surface area contributed by atoms with E-state index in [1.807, 2.05) is 12.5 Å². The molecule has 1 aliphatic heterocycles. The van der Waals surface area contributed by atoms with Crippen molar-refractivity contribution in [3.63, 3.8) is 0 Å². The van der Waals surface area contributed by atoms with Crippen molar-refractivity contribution in [2.45, 2.75) is 50.6 Å². The van der Waals surface area contributed by atoms with Crippen molar-refractivity contribution in [3.05, 3.63) is 42.4 Å². The van der Waals surface area contributed by atoms with E-state index >= 15 is 0 Å². The van der Waals surface area contributed by atoms with E-state index in [9.17, 15) is 8.42 Å². The summed E-state index contributed by atoms with van der Waals surface area (Å²) in [6.45, 7) is 0.408. The van der Waals surface area contributed by atoms with Gasteiger partial charge >= 0.3 is 0 Å². The van der Waals surface area contributed by atoms with Crippen LogP contribution in [-0.4, -0.2) is 36.3 Å². The maximum absolute atomic E-state index is 11.4. The Labute approximate surface area is 161 Å². The SMILES string of the molecule is NS(=O)(=O)CCNC(C[C@H]1c2ccccc2-c2cncn21)C1CCCCC1. The summed E-state index contributed by atoms with van der Waals surface area (Å²) in [6.07, 6.45) is 11.0. The first-order valence-corrected chi connectivity index (χ1v) is 11.6. The fourth-order valence-corrected chi connectivity index (χ4v) is 5.18. The number of hydrogen-bond acceptors (Lipinski definition) is 4. The van der Waals surface area contributed by atoms with Gasteiger partial charge in [-0.25, -0.2) is 18.5 Å². The summed E-state index contributed by atoms with van der Waals surface area (Å²) >= 11 is 0. The van der Waals surface area contributed by atoms with Gasteiger partial charge in [-0.3, -0.25) is 0 Å². The minimum absolute atomic E-state index is 0.0200. The number of hydrogen-bond donors (Lipinski definition) is 2. The predicted octanol–water partition coefficient (Wildman–Crippen LogP) is 2.67. The van der Waals surface area contributed by atoms with E-state index in [1.165, 1.54) is 48.9 Å². The lowest BCUT2D eigenvalue weighted by molar-refractivity contribution is 0.246. The Morgan fingerprint density at radius 2 is 2.00 bits per heavy atom. The molecule has 7 heteroatoms. The zero-order valence-corrected chi connectivity index (χ0v) is 16.4. The topological polar surface area (TPSA) is 90.0 Å². The number of rotatable bonds is 7. The second-order valence-electron chi connectivity index (χ2n) is 7.85. The smallest absolute Gasteiger partial charge is 0.210 e. The van der Waals surface area contributed by atoms with Crippen LogP contribution in [0.1, 0.15) is 50.1 Å². The number of nitrogens with zero attached hydrogens (tertiary/aromatic N) is 2. The molecule has 3 N–H and O–H groups in total. The molecule has 27 heavy (non-hydrogen) atoms. The molecule has 0 amide bonds. The van der Waals surface area contributed by atoms with Crippen LogP contribution in [0.15, 0.2) is 36.8 Å². The molecule has 0 spiro atoms. The minimum atomic E-state index is -3.44. The standard InChI is InChI=1S/C20H28N4O2S/c21-27(25,26)11-10-23-18(15-6-2-1-3-7-15)12-19-16-8-4-5-9-17(16)20-13-22-14-24(19)20/h4-5,8-9,13-15,18-19,23H,1-3,6-7,10-12H2,(H2,21,25,26)/t18?,19-/m0/s1. The van der Waals surface area contributed by atoms with Crippen LogP contribution in [0.3, 0.4) is 0 Å². The van der Waals surface area contributed by atoms with Crippen molar-refractivity contribution in [2.24, 2.45) is 11.1 Å². The lowest BCUT2D eigenvalue weighted by Crippen LogP contribution is -2.41. The number of aromatic nitrogens is 2. The number of nitrogens with one attached hydrogen (secondary N) is 1. The van der Waals surface area contributed by atoms with E-state index in [0.29, 0.717) is 12.5 Å². The lowest BCUT2D eigenvalue weighted by atomic mass is 9.80. The highest BCUT2D eigenvalue weighted by Crippen LogP contribution is 2.42. The molecule has 1 aliphatic carbocycles. The average molecular weight is 389 g/mol. The number of imidazole rings is 1. The maximum Gasteiger partial charge on any atom is 0.210 e. The fourth-order valence-electron chi connectivity index (χ4n) is 4.78. The van der Waals surface area contributed by atoms with E-state index < -0.39 is 10.0 Å². The van der Waals surface area contributed by atoms with E-state index in [2.05, 4.69) is 39.1 Å². The number of nitrogens with two attached hydrogens (primary N) is 1. The first-order chi connectivity index (χ1) is 13.0. The molecule has 1 unspecified atom stereocenters. The third-order valence-corrected chi connectivity index (χ3v) is 6.86. The zero-order chi connectivity index (χ0) is 18.9. The summed E-state index contributed by atoms with van der Waals surface area (Å²) in [5, 5.41) is 8.73. The van der Waals surface area contributed by atoms with Crippen molar-refractivity contribution < 1.29 is 8.42 Å². The lowest BCUT2D eigenvalue weighted by Gasteiger charge is -2.33. The normalized spacial score (nSPS) is 21.0. The van der Waals surface area contributed by atoms with E-state index in [0.717, 1.165) is 6.42 Å². The van der Waals surface area contributed by atoms with Gasteiger partial charge in [0.2, 0.25) is 10.0 Å². The molecule has 1 saturated carbocycles. The Morgan fingerprint density at radius 3 is 2.78 bits per heavy atom. The fraction of sp³-hybridized carbons (Fsp3) is 0.550. The van der Waals surface area contributed by atoms with E-state index in [-0.39, 0.29) is 17.8 Å². The summed E-state index contributed by atoms with van der Waals surface area (Å²) in [5.41, 5.74) is 3.76. The average Bonchev–Trinajstić information content (AvgIpc) is 3.23. The van der Waals surface area contributed by atoms with Gasteiger partial charge in [0.1, 0.15) is 0 Å². The van der Waals surface area contributed by atoms with Gasteiger partial charge in [-0.05, 0) is 30.7 Å². The summed E-state index contributed by atoms with van der Waals surface area (Å²) in [4.78, 5) is 4.35. The van der Waals surface area contributed by atoms with Crippen molar-refractivity contribution in [3.8, 4) is 11.3 Å². The third kappa shape index (κ3) is 4.10. The first-order valence-electron chi connectivity index (χ1n) is 9.88. The van der Waals surface area contributed by atoms with E-state index in [4.69, 9.17) is 5.14 Å². The van der Waals surface area contributed by atoms with Gasteiger partial charge in [0.25, 0.3) is 0 Å². The molecule has 4 rings (SSSR count). The second kappa shape index (κ2) is 7.73. The van der Waals surface area contributed by atoms with Crippen molar-refractivity contribution in [2.75, 3.05) is 12.3 Å². The van der Waals surface area contributed by atoms with Crippen molar-refractivity contribution in [1.82, 2.24) is 14.9 Å². The Kier molecular flexibility index (Phi) is 5.34. The van der Waals surface area contributed by atoms with E-state index in [1.54, 1.807) is 0 Å². The number of primary sulfonamides is 1. The van der Waals surface area contributed by atoms with Crippen LogP contribution >= 0.6 is 0 Å². The van der Waals surface area contributed by atoms with Crippen LogP contribution in [0.4, 0.5) is 0 Å². The maximum atomic E-state index is 11.4. The number of fused-ring (bicyclic) bond motifs is 3. The monoisotopic (exact) mass is 388 g/mol. The Hall–Kier alpha value is -1.70. The summed E-state index contributed by atoms with van der Waals surface area (Å²) in [5.74, 6) is 0.562. The van der Waals surface area contributed by atoms with Crippen LogP contribution in [0.2, 0.25) is 0 Å². The third-order valence-electron chi connectivity index (χ3n) is 6.09. The van der Waals surface area contributed by atoms with Crippen LogP contribution in [0, 0.1) is 5.92 Å². The Bertz CT molecular complexity index is 887. The molecule has 2 heterocycles. The van der Waals surface area contributed by atoms with Crippen molar-refractivity contribution >= 4 is 10.0 Å². The highest BCUT2D eigenvalue weighted by molar-refractivity contribution is 7.89.